The van der Waals surface area contributed by atoms with Crippen molar-refractivity contribution in [1.82, 2.24) is 4.90 Å². The third kappa shape index (κ3) is 3.02. The van der Waals surface area contributed by atoms with Gasteiger partial charge in [-0.05, 0) is 49.7 Å². The van der Waals surface area contributed by atoms with Crippen LogP contribution >= 0.6 is 0 Å². The smallest absolute Gasteiger partial charge is 0.228 e. The molecule has 2 aliphatic heterocycles. The second kappa shape index (κ2) is 7.35. The van der Waals surface area contributed by atoms with Crippen LogP contribution in [0.25, 0.3) is 0 Å². The Kier molecular flexibility index (Phi) is 4.92. The minimum Gasteiger partial charge on any atom is -0.339 e. The second-order valence-electron chi connectivity index (χ2n) is 7.46. The van der Waals surface area contributed by atoms with Crippen LogP contribution in [0, 0.1) is 0 Å². The van der Waals surface area contributed by atoms with Crippen molar-refractivity contribution in [2.24, 2.45) is 0 Å². The molecule has 0 saturated carbocycles. The van der Waals surface area contributed by atoms with Crippen LogP contribution in [0.3, 0.4) is 0 Å². The minimum absolute atomic E-state index is 0.0356. The van der Waals surface area contributed by atoms with E-state index in [9.17, 15) is 4.79 Å². The maximum atomic E-state index is 13.4. The predicted octanol–water partition coefficient (Wildman–Crippen LogP) is 4.52. The van der Waals surface area contributed by atoms with Crippen molar-refractivity contribution in [3.63, 3.8) is 0 Å². The highest BCUT2D eigenvalue weighted by Gasteiger charge is 2.36. The van der Waals surface area contributed by atoms with E-state index < -0.39 is 0 Å². The van der Waals surface area contributed by atoms with Crippen LogP contribution < -0.4 is 9.80 Å². The summed E-state index contributed by atoms with van der Waals surface area (Å²) < 4.78 is 0. The van der Waals surface area contributed by atoms with E-state index in [2.05, 4.69) is 67.0 Å². The lowest BCUT2D eigenvalue weighted by molar-refractivity contribution is -0.119. The van der Waals surface area contributed by atoms with Gasteiger partial charge in [0.05, 0.1) is 17.4 Å². The van der Waals surface area contributed by atoms with Gasteiger partial charge in [0.2, 0.25) is 5.91 Å². The lowest BCUT2D eigenvalue weighted by Gasteiger charge is -2.30. The zero-order valence-corrected chi connectivity index (χ0v) is 16.6. The largest absolute Gasteiger partial charge is 0.339 e. The molecular weight excluding hydrogens is 334 g/mol. The highest BCUT2D eigenvalue weighted by Crippen LogP contribution is 2.49. The molecule has 4 nitrogen and oxygen atoms in total. The summed E-state index contributed by atoms with van der Waals surface area (Å²) in [6.45, 7) is 10.2. The van der Waals surface area contributed by atoms with E-state index in [1.165, 1.54) is 16.8 Å². The molecule has 1 atom stereocenters. The Morgan fingerprint density at radius 2 is 1.81 bits per heavy atom. The van der Waals surface area contributed by atoms with Crippen LogP contribution in [0.2, 0.25) is 0 Å². The van der Waals surface area contributed by atoms with Crippen LogP contribution in [0.5, 0.6) is 0 Å². The standard InChI is InChI=1S/C23H29N3O/c1-4-24(5-2)15-14-22(27)26-17(3)19-10-8-9-18-13-16-25(23(18)19)20-11-6-7-12-21(20)26/h6-12,17H,4-5,13-16H2,1-3H3. The van der Waals surface area contributed by atoms with E-state index in [-0.39, 0.29) is 11.9 Å². The Morgan fingerprint density at radius 1 is 1.07 bits per heavy atom. The lowest BCUT2D eigenvalue weighted by Crippen LogP contribution is -2.36. The highest BCUT2D eigenvalue weighted by atomic mass is 16.2. The molecule has 0 bridgehead atoms. The highest BCUT2D eigenvalue weighted by molar-refractivity contribution is 6.00. The molecule has 2 heterocycles. The van der Waals surface area contributed by atoms with E-state index in [1.54, 1.807) is 0 Å². The fourth-order valence-electron chi connectivity index (χ4n) is 4.57. The van der Waals surface area contributed by atoms with Crippen LogP contribution in [-0.4, -0.2) is 37.0 Å². The number of carbonyl (C=O) groups excluding carboxylic acids is 1. The number of nitrogens with zero attached hydrogens (tertiary/aromatic N) is 3. The van der Waals surface area contributed by atoms with Gasteiger partial charge in [-0.2, -0.15) is 0 Å². The molecule has 4 rings (SSSR count). The number of para-hydroxylation sites is 3. The third-order valence-electron chi connectivity index (χ3n) is 6.10. The van der Waals surface area contributed by atoms with Gasteiger partial charge in [-0.25, -0.2) is 0 Å². The summed E-state index contributed by atoms with van der Waals surface area (Å²) in [6.07, 6.45) is 1.62. The van der Waals surface area contributed by atoms with Crippen molar-refractivity contribution in [2.45, 2.75) is 39.7 Å². The maximum Gasteiger partial charge on any atom is 0.228 e. The average molecular weight is 364 g/mol. The Balaban J connectivity index is 1.75. The summed E-state index contributed by atoms with van der Waals surface area (Å²) in [4.78, 5) is 20.1. The van der Waals surface area contributed by atoms with Crippen LogP contribution in [0.1, 0.15) is 44.4 Å². The molecule has 0 spiro atoms. The zero-order chi connectivity index (χ0) is 19.0. The number of carbonyl (C=O) groups is 1. The van der Waals surface area contributed by atoms with Crippen LogP contribution in [0.4, 0.5) is 17.1 Å². The quantitative estimate of drug-likeness (QED) is 0.781. The number of rotatable bonds is 5. The van der Waals surface area contributed by atoms with E-state index >= 15 is 0 Å². The van der Waals surface area contributed by atoms with Crippen molar-refractivity contribution in [1.29, 1.82) is 0 Å². The van der Waals surface area contributed by atoms with Gasteiger partial charge >= 0.3 is 0 Å². The Bertz CT molecular complexity index is 843. The Morgan fingerprint density at radius 3 is 2.56 bits per heavy atom. The number of fused-ring (bicyclic) bond motifs is 2. The number of hydrogen-bond donors (Lipinski definition) is 0. The fourth-order valence-corrected chi connectivity index (χ4v) is 4.57. The molecule has 0 N–H and O–H groups in total. The van der Waals surface area contributed by atoms with Crippen molar-refractivity contribution >= 4 is 23.0 Å². The third-order valence-corrected chi connectivity index (χ3v) is 6.10. The molecule has 2 aromatic carbocycles. The van der Waals surface area contributed by atoms with Gasteiger partial charge in [0.1, 0.15) is 0 Å². The number of hydrogen-bond acceptors (Lipinski definition) is 3. The molecule has 1 unspecified atom stereocenters. The molecular formula is C23H29N3O. The Hall–Kier alpha value is -2.33. The van der Waals surface area contributed by atoms with Gasteiger partial charge in [-0.3, -0.25) is 4.79 Å². The van der Waals surface area contributed by atoms with Crippen molar-refractivity contribution in [2.75, 3.05) is 36.0 Å². The summed E-state index contributed by atoms with van der Waals surface area (Å²) in [6, 6.07) is 15.0. The molecule has 0 saturated heterocycles. The predicted molar refractivity (Wildman–Crippen MR) is 112 cm³/mol. The SMILES string of the molecule is CCN(CC)CCC(=O)N1c2ccccc2N2CCc3cccc(c32)C1C. The molecule has 0 radical (unpaired) electrons. The average Bonchev–Trinajstić information content (AvgIpc) is 3.09. The van der Waals surface area contributed by atoms with Crippen LogP contribution in [0.15, 0.2) is 42.5 Å². The van der Waals surface area contributed by atoms with E-state index in [1.807, 2.05) is 11.0 Å². The van der Waals surface area contributed by atoms with Crippen molar-refractivity contribution < 1.29 is 4.79 Å². The molecule has 0 fully saturated rings. The summed E-state index contributed by atoms with van der Waals surface area (Å²) >= 11 is 0. The van der Waals surface area contributed by atoms with E-state index in [0.29, 0.717) is 6.42 Å². The van der Waals surface area contributed by atoms with Gasteiger partial charge in [0.15, 0.2) is 0 Å². The molecule has 0 aliphatic carbocycles. The van der Waals surface area contributed by atoms with Crippen LogP contribution in [-0.2, 0) is 11.2 Å². The molecule has 27 heavy (non-hydrogen) atoms. The first-order chi connectivity index (χ1) is 13.2. The van der Waals surface area contributed by atoms with E-state index in [4.69, 9.17) is 0 Å². The molecule has 142 valence electrons. The summed E-state index contributed by atoms with van der Waals surface area (Å²) in [5.74, 6) is 0.209. The van der Waals surface area contributed by atoms with Gasteiger partial charge < -0.3 is 14.7 Å². The number of benzene rings is 2. The molecule has 2 aromatic rings. The normalized spacial score (nSPS) is 17.7. The monoisotopic (exact) mass is 363 g/mol. The topological polar surface area (TPSA) is 26.8 Å². The van der Waals surface area contributed by atoms with Crippen molar-refractivity contribution in [3.8, 4) is 0 Å². The lowest BCUT2D eigenvalue weighted by atomic mass is 10.0. The van der Waals surface area contributed by atoms with Gasteiger partial charge in [0, 0.05) is 25.2 Å². The van der Waals surface area contributed by atoms with E-state index in [0.717, 1.165) is 44.0 Å². The first kappa shape index (κ1) is 18.1. The number of anilines is 3. The second-order valence-corrected chi connectivity index (χ2v) is 7.46. The molecule has 4 heteroatoms. The first-order valence-electron chi connectivity index (χ1n) is 10.2. The summed E-state index contributed by atoms with van der Waals surface area (Å²) in [7, 11) is 0. The minimum atomic E-state index is 0.0356. The molecule has 0 aromatic heterocycles. The van der Waals surface area contributed by atoms with Crippen molar-refractivity contribution in [3.05, 3.63) is 53.6 Å². The molecule has 2 aliphatic rings. The summed E-state index contributed by atoms with van der Waals surface area (Å²) in [5.41, 5.74) is 6.17. The fraction of sp³-hybridized carbons (Fsp3) is 0.435. The van der Waals surface area contributed by atoms with Gasteiger partial charge in [0.25, 0.3) is 0 Å². The number of amides is 1. The van der Waals surface area contributed by atoms with Gasteiger partial charge in [-0.1, -0.05) is 44.2 Å². The maximum absolute atomic E-state index is 13.4. The van der Waals surface area contributed by atoms with Gasteiger partial charge in [-0.15, -0.1) is 0 Å². The Labute approximate surface area is 162 Å². The first-order valence-corrected chi connectivity index (χ1v) is 10.2. The molecule has 1 amide bonds. The zero-order valence-electron chi connectivity index (χ0n) is 16.6. The summed E-state index contributed by atoms with van der Waals surface area (Å²) in [5, 5.41) is 0.